The fourth-order valence-electron chi connectivity index (χ4n) is 2.76. The molecule has 3 aromatic rings. The smallest absolute Gasteiger partial charge is 0.276 e. The van der Waals surface area contributed by atoms with Crippen molar-refractivity contribution in [2.24, 2.45) is 12.1 Å². The van der Waals surface area contributed by atoms with Gasteiger partial charge < -0.3 is 14.0 Å². The first kappa shape index (κ1) is 18.2. The van der Waals surface area contributed by atoms with E-state index in [1.54, 1.807) is 49.1 Å². The molecule has 0 saturated carbocycles. The molecular weight excluding hydrogens is 346 g/mol. The van der Waals surface area contributed by atoms with Crippen molar-refractivity contribution in [3.05, 3.63) is 70.0 Å². The summed E-state index contributed by atoms with van der Waals surface area (Å²) < 4.78 is 12.1. The van der Waals surface area contributed by atoms with Crippen molar-refractivity contribution in [1.29, 1.82) is 0 Å². The van der Waals surface area contributed by atoms with Gasteiger partial charge in [-0.3, -0.25) is 9.59 Å². The maximum absolute atomic E-state index is 12.6. The molecule has 0 atom stereocenters. The Hall–Kier alpha value is -3.61. The first-order valence-corrected chi connectivity index (χ1v) is 8.19. The van der Waals surface area contributed by atoms with Crippen molar-refractivity contribution in [3.63, 3.8) is 0 Å². The summed E-state index contributed by atoms with van der Waals surface area (Å²) in [6.07, 6.45) is 2.97. The summed E-state index contributed by atoms with van der Waals surface area (Å²) in [5.41, 5.74) is 3.55. The van der Waals surface area contributed by atoms with Crippen LogP contribution in [0.15, 0.2) is 58.6 Å². The van der Waals surface area contributed by atoms with Crippen LogP contribution in [0.4, 0.5) is 0 Å². The number of aryl methyl sites for hydroxylation is 1. The minimum absolute atomic E-state index is 0.0284. The molecule has 1 aromatic heterocycles. The van der Waals surface area contributed by atoms with E-state index in [1.165, 1.54) is 19.5 Å². The maximum atomic E-state index is 12.6. The lowest BCUT2D eigenvalue weighted by atomic mass is 10.1. The number of nitrogens with one attached hydrogen (secondary N) is 1. The highest BCUT2D eigenvalue weighted by Gasteiger charge is 2.13. The molecule has 7 heteroatoms. The molecule has 0 fully saturated rings. The summed E-state index contributed by atoms with van der Waals surface area (Å²) in [6, 6.07) is 12.4. The number of hydrogen-bond acceptors (Lipinski definition) is 5. The van der Waals surface area contributed by atoms with Gasteiger partial charge in [0.15, 0.2) is 11.5 Å². The Labute approximate surface area is 155 Å². The molecule has 0 saturated heterocycles. The molecule has 0 aliphatic carbocycles. The lowest BCUT2D eigenvalue weighted by Crippen LogP contribution is -2.26. The number of aromatic nitrogens is 1. The molecule has 7 nitrogen and oxygen atoms in total. The van der Waals surface area contributed by atoms with Gasteiger partial charge in [-0.05, 0) is 35.9 Å². The number of amides is 1. The lowest BCUT2D eigenvalue weighted by molar-refractivity contribution is 0.0953. The molecule has 138 valence electrons. The third-order valence-electron chi connectivity index (χ3n) is 4.13. The van der Waals surface area contributed by atoms with Crippen LogP contribution in [-0.2, 0) is 7.05 Å². The van der Waals surface area contributed by atoms with Crippen molar-refractivity contribution < 1.29 is 14.3 Å². The van der Waals surface area contributed by atoms with E-state index in [2.05, 4.69) is 10.5 Å². The van der Waals surface area contributed by atoms with Crippen LogP contribution in [-0.4, -0.2) is 30.9 Å². The van der Waals surface area contributed by atoms with Gasteiger partial charge in [-0.15, -0.1) is 0 Å². The van der Waals surface area contributed by atoms with Gasteiger partial charge in [0.05, 0.1) is 26.0 Å². The topological polar surface area (TPSA) is 81.9 Å². The van der Waals surface area contributed by atoms with E-state index in [-0.39, 0.29) is 11.0 Å². The van der Waals surface area contributed by atoms with Crippen molar-refractivity contribution in [2.45, 2.75) is 0 Å². The molecule has 0 spiro atoms. The number of benzene rings is 2. The Morgan fingerprint density at radius 3 is 2.59 bits per heavy atom. The molecular formula is C20H19N3O4. The zero-order valence-corrected chi connectivity index (χ0v) is 15.2. The Balaban J connectivity index is 1.82. The quantitative estimate of drug-likeness (QED) is 0.556. The fourth-order valence-corrected chi connectivity index (χ4v) is 2.76. The van der Waals surface area contributed by atoms with Crippen LogP contribution in [0.3, 0.4) is 0 Å². The van der Waals surface area contributed by atoms with Crippen molar-refractivity contribution in [2.75, 3.05) is 14.2 Å². The van der Waals surface area contributed by atoms with Crippen LogP contribution in [0.25, 0.3) is 10.9 Å². The Kier molecular flexibility index (Phi) is 5.21. The molecule has 3 rings (SSSR count). The number of ether oxygens (including phenoxy) is 2. The lowest BCUT2D eigenvalue weighted by Gasteiger charge is -2.08. The first-order chi connectivity index (χ1) is 13.0. The summed E-state index contributed by atoms with van der Waals surface area (Å²) in [6.45, 7) is 0. The molecule has 27 heavy (non-hydrogen) atoms. The van der Waals surface area contributed by atoms with Gasteiger partial charge in [0, 0.05) is 18.6 Å². The highest BCUT2D eigenvalue weighted by molar-refractivity contribution is 5.97. The monoisotopic (exact) mass is 365 g/mol. The zero-order chi connectivity index (χ0) is 19.4. The van der Waals surface area contributed by atoms with Gasteiger partial charge in [0.25, 0.3) is 5.91 Å². The summed E-state index contributed by atoms with van der Waals surface area (Å²) in [5.74, 6) is 0.576. The second-order valence-corrected chi connectivity index (χ2v) is 5.81. The zero-order valence-electron chi connectivity index (χ0n) is 15.2. The average Bonchev–Trinajstić information content (AvgIpc) is 2.70. The van der Waals surface area contributed by atoms with E-state index in [0.29, 0.717) is 22.4 Å². The van der Waals surface area contributed by atoms with Crippen molar-refractivity contribution in [1.82, 2.24) is 9.99 Å². The minimum atomic E-state index is -0.571. The molecule has 1 amide bonds. The summed E-state index contributed by atoms with van der Waals surface area (Å²) in [7, 11) is 4.87. The number of carbonyl (C=O) groups excluding carboxylic acids is 1. The number of fused-ring (bicyclic) bond motifs is 1. The summed E-state index contributed by atoms with van der Waals surface area (Å²) in [5, 5.41) is 4.41. The highest BCUT2D eigenvalue weighted by Crippen LogP contribution is 2.26. The largest absolute Gasteiger partial charge is 0.493 e. The molecule has 0 aliphatic rings. The predicted molar refractivity (Wildman–Crippen MR) is 104 cm³/mol. The SMILES string of the molecule is COc1ccc(/C=N/NC(=O)c2cn(C)c3ccccc3c2=O)cc1OC. The number of hydrazone groups is 1. The molecule has 0 aliphatic heterocycles. The Bertz CT molecular complexity index is 1090. The predicted octanol–water partition coefficient (Wildman–Crippen LogP) is 2.32. The van der Waals surface area contributed by atoms with E-state index in [1.807, 2.05) is 12.1 Å². The highest BCUT2D eigenvalue weighted by atomic mass is 16.5. The number of methoxy groups -OCH3 is 2. The first-order valence-electron chi connectivity index (χ1n) is 8.19. The van der Waals surface area contributed by atoms with Gasteiger partial charge in [-0.1, -0.05) is 12.1 Å². The van der Waals surface area contributed by atoms with Gasteiger partial charge in [-0.25, -0.2) is 5.43 Å². The molecule has 0 unspecified atom stereocenters. The third-order valence-corrected chi connectivity index (χ3v) is 4.13. The van der Waals surface area contributed by atoms with E-state index in [4.69, 9.17) is 9.47 Å². The average molecular weight is 365 g/mol. The fraction of sp³-hybridized carbons (Fsp3) is 0.150. The van der Waals surface area contributed by atoms with E-state index in [9.17, 15) is 9.59 Å². The normalized spacial score (nSPS) is 10.9. The van der Waals surface area contributed by atoms with Gasteiger partial charge in [0.1, 0.15) is 5.56 Å². The van der Waals surface area contributed by atoms with E-state index < -0.39 is 5.91 Å². The standard InChI is InChI=1S/C20H19N3O4/c1-23-12-15(19(24)14-6-4-5-7-16(14)23)20(25)22-21-11-13-8-9-17(26-2)18(10-13)27-3/h4-12H,1-3H3,(H,22,25)/b21-11+. The van der Waals surface area contributed by atoms with Crippen molar-refractivity contribution in [3.8, 4) is 11.5 Å². The number of pyridine rings is 1. The Morgan fingerprint density at radius 2 is 1.85 bits per heavy atom. The summed E-state index contributed by atoms with van der Waals surface area (Å²) in [4.78, 5) is 24.9. The van der Waals surface area contributed by atoms with Crippen LogP contribution in [0, 0.1) is 0 Å². The number of para-hydroxylation sites is 1. The van der Waals surface area contributed by atoms with E-state index >= 15 is 0 Å². The molecule has 0 bridgehead atoms. The van der Waals surface area contributed by atoms with Crippen molar-refractivity contribution >= 4 is 23.0 Å². The number of rotatable bonds is 5. The van der Waals surface area contributed by atoms with Crippen LogP contribution in [0.5, 0.6) is 11.5 Å². The second-order valence-electron chi connectivity index (χ2n) is 5.81. The third kappa shape index (κ3) is 3.67. The van der Waals surface area contributed by atoms with Crippen LogP contribution in [0.1, 0.15) is 15.9 Å². The number of hydrogen-bond donors (Lipinski definition) is 1. The van der Waals surface area contributed by atoms with Crippen LogP contribution >= 0.6 is 0 Å². The number of nitrogens with zero attached hydrogens (tertiary/aromatic N) is 2. The second kappa shape index (κ2) is 7.74. The molecule has 1 N–H and O–H groups in total. The minimum Gasteiger partial charge on any atom is -0.493 e. The molecule has 1 heterocycles. The molecule has 2 aromatic carbocycles. The van der Waals surface area contributed by atoms with E-state index in [0.717, 1.165) is 5.52 Å². The Morgan fingerprint density at radius 1 is 1.11 bits per heavy atom. The van der Waals surface area contributed by atoms with Crippen LogP contribution in [0.2, 0.25) is 0 Å². The summed E-state index contributed by atoms with van der Waals surface area (Å²) >= 11 is 0. The number of carbonyl (C=O) groups is 1. The molecule has 0 radical (unpaired) electrons. The van der Waals surface area contributed by atoms with Gasteiger partial charge in [0.2, 0.25) is 5.43 Å². The maximum Gasteiger partial charge on any atom is 0.276 e. The van der Waals surface area contributed by atoms with Gasteiger partial charge >= 0.3 is 0 Å². The van der Waals surface area contributed by atoms with Gasteiger partial charge in [-0.2, -0.15) is 5.10 Å². The van der Waals surface area contributed by atoms with Crippen LogP contribution < -0.4 is 20.3 Å².